The van der Waals surface area contributed by atoms with Gasteiger partial charge >= 0.3 is 0 Å². The van der Waals surface area contributed by atoms with Crippen molar-refractivity contribution >= 4 is 38.6 Å². The van der Waals surface area contributed by atoms with Gasteiger partial charge in [0.2, 0.25) is 0 Å². The van der Waals surface area contributed by atoms with Crippen molar-refractivity contribution in [3.05, 3.63) is 32.9 Å². The second-order valence-corrected chi connectivity index (χ2v) is 5.93. The number of hydrogen-bond donors (Lipinski definition) is 0. The van der Waals surface area contributed by atoms with E-state index in [0.717, 1.165) is 13.5 Å². The smallest absolute Gasteiger partial charge is 0.110 e. The number of nitriles is 1. The molecule has 13 heavy (non-hydrogen) atoms. The molecule has 64 valence electrons. The summed E-state index contributed by atoms with van der Waals surface area (Å²) in [5.74, 6) is 0. The van der Waals surface area contributed by atoms with E-state index in [4.69, 9.17) is 5.26 Å². The first kappa shape index (κ1) is 8.95. The Kier molecular flexibility index (Phi) is 2.49. The lowest BCUT2D eigenvalue weighted by Crippen LogP contribution is -1.56. The Labute approximate surface area is 92.4 Å². The van der Waals surface area contributed by atoms with Gasteiger partial charge in [-0.25, -0.2) is 0 Å². The van der Waals surface area contributed by atoms with E-state index in [-0.39, 0.29) is 0 Å². The van der Waals surface area contributed by atoms with E-state index in [9.17, 15) is 0 Å². The Morgan fingerprint density at radius 1 is 1.08 bits per heavy atom. The van der Waals surface area contributed by atoms with E-state index in [1.807, 2.05) is 18.2 Å². The van der Waals surface area contributed by atoms with Gasteiger partial charge in [0.1, 0.15) is 10.9 Å². The SMILES string of the molecule is N#Cc1ccc(-c2ccc(Br)s2)s1. The van der Waals surface area contributed by atoms with Crippen LogP contribution in [0.1, 0.15) is 4.88 Å². The van der Waals surface area contributed by atoms with Crippen LogP contribution < -0.4 is 0 Å². The van der Waals surface area contributed by atoms with Crippen LogP contribution in [-0.2, 0) is 0 Å². The van der Waals surface area contributed by atoms with E-state index in [0.29, 0.717) is 0 Å². The molecule has 0 aliphatic carbocycles. The molecule has 0 aliphatic rings. The fraction of sp³-hybridized carbons (Fsp3) is 0. The van der Waals surface area contributed by atoms with Crippen molar-refractivity contribution in [2.45, 2.75) is 0 Å². The molecule has 0 aromatic carbocycles. The Bertz CT molecular complexity index is 464. The standard InChI is InChI=1S/C9H4BrNS2/c10-9-4-3-8(13-9)7-2-1-6(5-11)12-7/h1-4H. The van der Waals surface area contributed by atoms with Crippen LogP contribution in [-0.4, -0.2) is 0 Å². The van der Waals surface area contributed by atoms with Crippen molar-refractivity contribution in [3.63, 3.8) is 0 Å². The first-order valence-corrected chi connectivity index (χ1v) is 5.98. The van der Waals surface area contributed by atoms with Crippen LogP contribution in [0.2, 0.25) is 0 Å². The zero-order valence-corrected chi connectivity index (χ0v) is 9.67. The molecule has 0 bridgehead atoms. The monoisotopic (exact) mass is 269 g/mol. The fourth-order valence-electron chi connectivity index (χ4n) is 0.977. The lowest BCUT2D eigenvalue weighted by molar-refractivity contribution is 1.52. The van der Waals surface area contributed by atoms with Gasteiger partial charge < -0.3 is 0 Å². The van der Waals surface area contributed by atoms with Gasteiger partial charge in [-0.05, 0) is 40.2 Å². The molecule has 2 aromatic heterocycles. The molecule has 0 amide bonds. The van der Waals surface area contributed by atoms with E-state index < -0.39 is 0 Å². The summed E-state index contributed by atoms with van der Waals surface area (Å²) in [7, 11) is 0. The lowest BCUT2D eigenvalue weighted by atomic mass is 10.4. The number of nitrogens with zero attached hydrogens (tertiary/aromatic N) is 1. The Hall–Kier alpha value is -0.630. The van der Waals surface area contributed by atoms with Crippen LogP contribution in [0.3, 0.4) is 0 Å². The molecule has 0 fully saturated rings. The summed E-state index contributed by atoms with van der Waals surface area (Å²) in [4.78, 5) is 3.13. The van der Waals surface area contributed by atoms with Crippen molar-refractivity contribution < 1.29 is 0 Å². The largest absolute Gasteiger partial charge is 0.192 e. The third-order valence-electron chi connectivity index (χ3n) is 1.53. The van der Waals surface area contributed by atoms with Crippen molar-refractivity contribution in [2.75, 3.05) is 0 Å². The maximum atomic E-state index is 8.66. The van der Waals surface area contributed by atoms with Gasteiger partial charge in [0.05, 0.1) is 3.79 Å². The molecular formula is C9H4BrNS2. The maximum absolute atomic E-state index is 8.66. The molecule has 1 nitrogen and oxygen atoms in total. The summed E-state index contributed by atoms with van der Waals surface area (Å²) < 4.78 is 1.12. The van der Waals surface area contributed by atoms with Gasteiger partial charge in [-0.2, -0.15) is 5.26 Å². The van der Waals surface area contributed by atoms with Crippen LogP contribution in [0.15, 0.2) is 28.1 Å². The van der Waals surface area contributed by atoms with Crippen molar-refractivity contribution in [1.29, 1.82) is 5.26 Å². The fourth-order valence-corrected chi connectivity index (χ4v) is 3.26. The normalized spacial score (nSPS) is 9.85. The highest BCUT2D eigenvalue weighted by atomic mass is 79.9. The van der Waals surface area contributed by atoms with Gasteiger partial charge in [-0.15, -0.1) is 22.7 Å². The van der Waals surface area contributed by atoms with Crippen molar-refractivity contribution in [2.24, 2.45) is 0 Å². The Morgan fingerprint density at radius 3 is 2.31 bits per heavy atom. The van der Waals surface area contributed by atoms with Gasteiger partial charge in [0.25, 0.3) is 0 Å². The molecule has 0 saturated heterocycles. The van der Waals surface area contributed by atoms with E-state index in [2.05, 4.69) is 28.1 Å². The molecule has 4 heteroatoms. The van der Waals surface area contributed by atoms with E-state index in [1.54, 1.807) is 11.3 Å². The highest BCUT2D eigenvalue weighted by Gasteiger charge is 2.04. The summed E-state index contributed by atoms with van der Waals surface area (Å²) in [5, 5.41) is 8.66. The van der Waals surface area contributed by atoms with Crippen LogP contribution in [0.4, 0.5) is 0 Å². The first-order valence-electron chi connectivity index (χ1n) is 3.55. The van der Waals surface area contributed by atoms with Gasteiger partial charge in [-0.3, -0.25) is 0 Å². The van der Waals surface area contributed by atoms with E-state index in [1.165, 1.54) is 16.2 Å². The summed E-state index contributed by atoms with van der Waals surface area (Å²) in [6.07, 6.45) is 0. The molecule has 0 saturated carbocycles. The van der Waals surface area contributed by atoms with Gasteiger partial charge in [-0.1, -0.05) is 0 Å². The minimum atomic E-state index is 0.763. The quantitative estimate of drug-likeness (QED) is 0.765. The lowest BCUT2D eigenvalue weighted by Gasteiger charge is -1.86. The molecule has 0 unspecified atom stereocenters. The van der Waals surface area contributed by atoms with Crippen molar-refractivity contribution in [3.8, 4) is 15.8 Å². The summed E-state index contributed by atoms with van der Waals surface area (Å²) in [5.41, 5.74) is 0. The van der Waals surface area contributed by atoms with Gasteiger partial charge in [0, 0.05) is 9.75 Å². The van der Waals surface area contributed by atoms with Crippen LogP contribution in [0.5, 0.6) is 0 Å². The molecule has 0 aliphatic heterocycles. The molecule has 2 heterocycles. The second-order valence-electron chi connectivity index (χ2n) is 2.38. The second kappa shape index (κ2) is 3.62. The zero-order valence-electron chi connectivity index (χ0n) is 6.45. The Morgan fingerprint density at radius 2 is 1.77 bits per heavy atom. The predicted octanol–water partition coefficient (Wildman–Crippen LogP) is 4.11. The van der Waals surface area contributed by atoms with Crippen LogP contribution >= 0.6 is 38.6 Å². The van der Waals surface area contributed by atoms with Crippen molar-refractivity contribution in [1.82, 2.24) is 0 Å². The highest BCUT2D eigenvalue weighted by Crippen LogP contribution is 2.35. The molecular weight excluding hydrogens is 266 g/mol. The number of rotatable bonds is 1. The minimum absolute atomic E-state index is 0.763. The average Bonchev–Trinajstić information content (AvgIpc) is 2.71. The minimum Gasteiger partial charge on any atom is -0.192 e. The predicted molar refractivity (Wildman–Crippen MR) is 60.0 cm³/mol. The molecule has 0 atom stereocenters. The average molecular weight is 270 g/mol. The third kappa shape index (κ3) is 1.83. The molecule has 2 aromatic rings. The topological polar surface area (TPSA) is 23.8 Å². The summed E-state index contributed by atoms with van der Waals surface area (Å²) >= 11 is 6.62. The number of halogens is 1. The summed E-state index contributed by atoms with van der Waals surface area (Å²) in [6, 6.07) is 10.1. The Balaban J connectivity index is 2.42. The number of thiophene rings is 2. The van der Waals surface area contributed by atoms with Crippen LogP contribution in [0, 0.1) is 11.3 Å². The maximum Gasteiger partial charge on any atom is 0.110 e. The summed E-state index contributed by atoms with van der Waals surface area (Å²) in [6.45, 7) is 0. The van der Waals surface area contributed by atoms with E-state index >= 15 is 0 Å². The molecule has 0 N–H and O–H groups in total. The zero-order chi connectivity index (χ0) is 9.26. The molecule has 0 radical (unpaired) electrons. The number of hydrogen-bond acceptors (Lipinski definition) is 3. The highest BCUT2D eigenvalue weighted by molar-refractivity contribution is 9.11. The molecule has 0 spiro atoms. The first-order chi connectivity index (χ1) is 6.29. The third-order valence-corrected chi connectivity index (χ3v) is 4.34. The van der Waals surface area contributed by atoms with Crippen LogP contribution in [0.25, 0.3) is 9.75 Å². The molecule has 2 rings (SSSR count). The van der Waals surface area contributed by atoms with Gasteiger partial charge in [0.15, 0.2) is 0 Å².